The predicted octanol–water partition coefficient (Wildman–Crippen LogP) is 3.07. The number of carbonyl (C=O) groups excluding carboxylic acids is 2. The Morgan fingerprint density at radius 1 is 1.46 bits per heavy atom. The van der Waals surface area contributed by atoms with Gasteiger partial charge in [-0.2, -0.15) is 0 Å². The summed E-state index contributed by atoms with van der Waals surface area (Å²) in [5.74, 6) is -0.715. The number of nitro benzene ring substituents is 1. The van der Waals surface area contributed by atoms with Crippen LogP contribution in [0.3, 0.4) is 0 Å². The van der Waals surface area contributed by atoms with Crippen molar-refractivity contribution in [1.29, 1.82) is 0 Å². The average molecular weight is 365 g/mol. The molecule has 0 saturated heterocycles. The third kappa shape index (κ3) is 3.87. The molecule has 0 aromatic heterocycles. The molecule has 2 rings (SSSR count). The van der Waals surface area contributed by atoms with E-state index >= 15 is 0 Å². The fourth-order valence-corrected chi connectivity index (χ4v) is 2.96. The zero-order valence-electron chi connectivity index (χ0n) is 15.5. The third-order valence-corrected chi connectivity index (χ3v) is 4.02. The van der Waals surface area contributed by atoms with Gasteiger partial charge in [0.1, 0.15) is 11.9 Å². The summed E-state index contributed by atoms with van der Waals surface area (Å²) in [5.41, 5.74) is -0.126. The molecule has 0 bridgehead atoms. The van der Waals surface area contributed by atoms with Crippen LogP contribution in [0, 0.1) is 10.1 Å². The number of anilines is 2. The molecule has 142 valence electrons. The second-order valence-electron chi connectivity index (χ2n) is 7.08. The first-order valence-corrected chi connectivity index (χ1v) is 8.14. The van der Waals surface area contributed by atoms with Crippen molar-refractivity contribution in [2.45, 2.75) is 38.7 Å². The van der Waals surface area contributed by atoms with Gasteiger partial charge in [-0.1, -0.05) is 0 Å². The van der Waals surface area contributed by atoms with Crippen LogP contribution in [0.15, 0.2) is 6.07 Å². The van der Waals surface area contributed by atoms with E-state index in [1.807, 2.05) is 4.90 Å². The monoisotopic (exact) mass is 365 g/mol. The number of benzene rings is 1. The lowest BCUT2D eigenvalue weighted by Crippen LogP contribution is -2.30. The number of nitrogens with one attached hydrogen (secondary N) is 1. The average Bonchev–Trinajstić information content (AvgIpc) is 2.52. The molecule has 0 radical (unpaired) electrons. The van der Waals surface area contributed by atoms with Crippen molar-refractivity contribution in [2.75, 3.05) is 30.9 Å². The van der Waals surface area contributed by atoms with Gasteiger partial charge in [0, 0.05) is 19.3 Å². The molecular formula is C17H23N3O6. The molecule has 0 aliphatic carbocycles. The lowest BCUT2D eigenvalue weighted by molar-refractivity contribution is -0.386. The first-order chi connectivity index (χ1) is 12.1. The summed E-state index contributed by atoms with van der Waals surface area (Å²) in [5, 5.41) is 14.2. The van der Waals surface area contributed by atoms with Gasteiger partial charge < -0.3 is 19.2 Å². The predicted molar refractivity (Wildman–Crippen MR) is 96.2 cm³/mol. The first kappa shape index (κ1) is 19.5. The molecule has 1 aliphatic heterocycles. The van der Waals surface area contributed by atoms with Crippen molar-refractivity contribution in [2.24, 2.45) is 0 Å². The van der Waals surface area contributed by atoms with Gasteiger partial charge in [-0.3, -0.25) is 15.4 Å². The van der Waals surface area contributed by atoms with Gasteiger partial charge in [-0.15, -0.1) is 0 Å². The van der Waals surface area contributed by atoms with Gasteiger partial charge in [0.25, 0.3) is 0 Å². The lowest BCUT2D eigenvalue weighted by Gasteiger charge is -2.31. The Hall–Kier alpha value is -2.84. The highest BCUT2D eigenvalue weighted by atomic mass is 16.6. The number of fused-ring (bicyclic) bond motifs is 1. The Kier molecular flexibility index (Phi) is 5.38. The van der Waals surface area contributed by atoms with E-state index in [1.165, 1.54) is 7.11 Å². The van der Waals surface area contributed by atoms with Crippen molar-refractivity contribution in [3.8, 4) is 5.75 Å². The maximum atomic E-state index is 12.1. The zero-order valence-corrected chi connectivity index (χ0v) is 15.5. The molecule has 9 nitrogen and oxygen atoms in total. The molecule has 0 fully saturated rings. The van der Waals surface area contributed by atoms with Crippen molar-refractivity contribution in [3.63, 3.8) is 0 Å². The van der Waals surface area contributed by atoms with Crippen LogP contribution in [0.1, 0.15) is 38.7 Å². The van der Waals surface area contributed by atoms with Crippen LogP contribution in [0.4, 0.5) is 21.9 Å². The largest absolute Gasteiger partial charge is 0.489 e. The van der Waals surface area contributed by atoms with E-state index in [4.69, 9.17) is 9.47 Å². The van der Waals surface area contributed by atoms with Gasteiger partial charge >= 0.3 is 11.8 Å². The van der Waals surface area contributed by atoms with Crippen LogP contribution in [-0.4, -0.2) is 43.6 Å². The first-order valence-electron chi connectivity index (χ1n) is 8.14. The van der Waals surface area contributed by atoms with Crippen LogP contribution >= 0.6 is 0 Å². The highest BCUT2D eigenvalue weighted by molar-refractivity contribution is 5.92. The summed E-state index contributed by atoms with van der Waals surface area (Å²) in [6, 6.07) is 1.57. The summed E-state index contributed by atoms with van der Waals surface area (Å²) >= 11 is 0. The van der Waals surface area contributed by atoms with E-state index in [9.17, 15) is 19.7 Å². The van der Waals surface area contributed by atoms with E-state index in [2.05, 4.69) is 5.32 Å². The normalized spacial score (nSPS) is 16.5. The summed E-state index contributed by atoms with van der Waals surface area (Å²) in [6.07, 6.45) is 0.421. The second kappa shape index (κ2) is 7.19. The molecule has 1 heterocycles. The molecule has 0 spiro atoms. The molecule has 1 N–H and O–H groups in total. The quantitative estimate of drug-likeness (QED) is 0.496. The number of amides is 1. The number of nitrogens with zero attached hydrogens (tertiary/aromatic N) is 2. The molecule has 0 saturated carbocycles. The number of ether oxygens (including phenoxy) is 2. The minimum atomic E-state index is -0.754. The molecule has 1 unspecified atom stereocenters. The van der Waals surface area contributed by atoms with Crippen LogP contribution in [0.5, 0.6) is 5.75 Å². The number of nitro groups is 1. The van der Waals surface area contributed by atoms with Crippen molar-refractivity contribution in [3.05, 3.63) is 21.7 Å². The van der Waals surface area contributed by atoms with Gasteiger partial charge in [0.15, 0.2) is 0 Å². The highest BCUT2D eigenvalue weighted by Gasteiger charge is 2.36. The number of rotatable bonds is 4. The number of aldehydes is 1. The smallest absolute Gasteiger partial charge is 0.412 e. The SMILES string of the molecule is COc1c(NC(=O)OC(C)(C)C)cc2c(c1[N+](=O)[O-])C(C=O)CCN2C. The molecular weight excluding hydrogens is 342 g/mol. The molecule has 1 atom stereocenters. The van der Waals surface area contributed by atoms with E-state index < -0.39 is 22.5 Å². The maximum Gasteiger partial charge on any atom is 0.412 e. The van der Waals surface area contributed by atoms with Crippen LogP contribution in [0.25, 0.3) is 0 Å². The molecule has 1 aromatic rings. The van der Waals surface area contributed by atoms with E-state index in [0.29, 0.717) is 30.5 Å². The molecule has 1 aromatic carbocycles. The molecule has 1 aliphatic rings. The highest BCUT2D eigenvalue weighted by Crippen LogP contribution is 2.48. The molecule has 1 amide bonds. The Bertz CT molecular complexity index is 741. The van der Waals surface area contributed by atoms with E-state index in [1.54, 1.807) is 33.9 Å². The Balaban J connectivity index is 2.62. The number of carbonyl (C=O) groups is 2. The Morgan fingerprint density at radius 3 is 2.62 bits per heavy atom. The Labute approximate surface area is 151 Å². The number of hydrogen-bond acceptors (Lipinski definition) is 7. The summed E-state index contributed by atoms with van der Waals surface area (Å²) < 4.78 is 10.4. The summed E-state index contributed by atoms with van der Waals surface area (Å²) in [6.45, 7) is 5.69. The van der Waals surface area contributed by atoms with Crippen LogP contribution in [-0.2, 0) is 9.53 Å². The summed E-state index contributed by atoms with van der Waals surface area (Å²) in [4.78, 5) is 36.5. The minimum Gasteiger partial charge on any atom is -0.489 e. The van der Waals surface area contributed by atoms with Crippen molar-refractivity contribution < 1.29 is 24.0 Å². The van der Waals surface area contributed by atoms with E-state index in [-0.39, 0.29) is 17.1 Å². The van der Waals surface area contributed by atoms with Gasteiger partial charge in [0.2, 0.25) is 5.75 Å². The van der Waals surface area contributed by atoms with Crippen LogP contribution in [0.2, 0.25) is 0 Å². The van der Waals surface area contributed by atoms with Crippen molar-refractivity contribution >= 4 is 29.4 Å². The van der Waals surface area contributed by atoms with Crippen LogP contribution < -0.4 is 15.0 Å². The minimum absolute atomic E-state index is 0.109. The van der Waals surface area contributed by atoms with Gasteiger partial charge in [0.05, 0.1) is 29.2 Å². The Morgan fingerprint density at radius 2 is 2.12 bits per heavy atom. The standard InChI is InChI=1S/C17H23N3O6/c1-17(2,3)26-16(22)18-11-8-12-13(10(9-21)6-7-19(12)4)14(20(23)24)15(11)25-5/h8-10H,6-7H2,1-5H3,(H,18,22). The fraction of sp³-hybridized carbons (Fsp3) is 0.529. The van der Waals surface area contributed by atoms with Crippen molar-refractivity contribution in [1.82, 2.24) is 0 Å². The maximum absolute atomic E-state index is 12.1. The lowest BCUT2D eigenvalue weighted by atomic mass is 9.89. The second-order valence-corrected chi connectivity index (χ2v) is 7.08. The number of hydrogen-bond donors (Lipinski definition) is 1. The zero-order chi connectivity index (χ0) is 19.6. The number of methoxy groups -OCH3 is 1. The fourth-order valence-electron chi connectivity index (χ4n) is 2.96. The van der Waals surface area contributed by atoms with E-state index in [0.717, 1.165) is 0 Å². The summed E-state index contributed by atoms with van der Waals surface area (Å²) in [7, 11) is 3.05. The van der Waals surface area contributed by atoms with Gasteiger partial charge in [-0.05, 0) is 33.3 Å². The molecule has 26 heavy (non-hydrogen) atoms. The topological polar surface area (TPSA) is 111 Å². The van der Waals surface area contributed by atoms with Gasteiger partial charge in [-0.25, -0.2) is 4.79 Å². The third-order valence-electron chi connectivity index (χ3n) is 4.02. The molecule has 9 heteroatoms.